The molecule has 0 aromatic carbocycles. The van der Waals surface area contributed by atoms with Crippen LogP contribution >= 0.6 is 0 Å². The van der Waals surface area contributed by atoms with Crippen molar-refractivity contribution in [2.24, 2.45) is 0 Å². The van der Waals surface area contributed by atoms with Crippen LogP contribution in [0, 0.1) is 0 Å². The molecule has 0 spiro atoms. The van der Waals surface area contributed by atoms with E-state index < -0.39 is 0 Å². The van der Waals surface area contributed by atoms with Crippen molar-refractivity contribution in [1.82, 2.24) is 0 Å². The van der Waals surface area contributed by atoms with E-state index in [-0.39, 0.29) is 6.10 Å². The maximum atomic E-state index is 5.57. The maximum absolute atomic E-state index is 5.57. The van der Waals surface area contributed by atoms with Gasteiger partial charge in [-0.3, -0.25) is 0 Å². The topological polar surface area (TPSA) is 18.5 Å². The van der Waals surface area contributed by atoms with E-state index in [1.807, 2.05) is 6.92 Å². The van der Waals surface area contributed by atoms with Crippen molar-refractivity contribution in [2.75, 3.05) is 13.2 Å². The molecule has 66 valence electrons. The Kier molecular flexibility index (Phi) is 3.87. The summed E-state index contributed by atoms with van der Waals surface area (Å²) in [6.07, 6.45) is 4.31. The molecule has 11 heavy (non-hydrogen) atoms. The molecular weight excluding hydrogens is 140 g/mol. The van der Waals surface area contributed by atoms with Crippen LogP contribution in [0.25, 0.3) is 0 Å². The number of rotatable bonds is 3. The zero-order chi connectivity index (χ0) is 8.10. The molecule has 0 bridgehead atoms. The smallest absolute Gasteiger partial charge is 0.0833 e. The molecule has 2 nitrogen and oxygen atoms in total. The van der Waals surface area contributed by atoms with Crippen LogP contribution in [-0.2, 0) is 9.47 Å². The van der Waals surface area contributed by atoms with Gasteiger partial charge in [0.05, 0.1) is 12.2 Å². The standard InChI is InChI=1S/C9H18O2/c1-3-10-8(2)9-6-4-5-7-11-9/h8-9H,3-7H2,1-2H3. The minimum Gasteiger partial charge on any atom is -0.376 e. The molecule has 1 fully saturated rings. The second-order valence-corrected chi connectivity index (χ2v) is 3.07. The Balaban J connectivity index is 2.21. The highest BCUT2D eigenvalue weighted by Gasteiger charge is 2.20. The lowest BCUT2D eigenvalue weighted by molar-refractivity contribution is -0.0812. The average molecular weight is 158 g/mol. The largest absolute Gasteiger partial charge is 0.376 e. The molecule has 1 aliphatic rings. The molecule has 0 radical (unpaired) electrons. The van der Waals surface area contributed by atoms with Crippen molar-refractivity contribution in [3.63, 3.8) is 0 Å². The summed E-state index contributed by atoms with van der Waals surface area (Å²) in [6, 6.07) is 0. The van der Waals surface area contributed by atoms with Crippen LogP contribution < -0.4 is 0 Å². The van der Waals surface area contributed by atoms with Gasteiger partial charge in [-0.15, -0.1) is 0 Å². The van der Waals surface area contributed by atoms with Gasteiger partial charge >= 0.3 is 0 Å². The SMILES string of the molecule is CCOC(C)C1CCCCO1. The Morgan fingerprint density at radius 2 is 2.36 bits per heavy atom. The lowest BCUT2D eigenvalue weighted by Gasteiger charge is -2.27. The summed E-state index contributed by atoms with van der Waals surface area (Å²) >= 11 is 0. The molecular formula is C9H18O2. The zero-order valence-electron chi connectivity index (χ0n) is 7.51. The minimum absolute atomic E-state index is 0.278. The summed E-state index contributed by atoms with van der Waals surface area (Å²) < 4.78 is 11.0. The highest BCUT2D eigenvalue weighted by Crippen LogP contribution is 2.17. The van der Waals surface area contributed by atoms with Gasteiger partial charge in [0.25, 0.3) is 0 Å². The van der Waals surface area contributed by atoms with Crippen LogP contribution in [0.4, 0.5) is 0 Å². The van der Waals surface area contributed by atoms with Gasteiger partial charge in [-0.2, -0.15) is 0 Å². The highest BCUT2D eigenvalue weighted by atomic mass is 16.5. The fraction of sp³-hybridized carbons (Fsp3) is 1.00. The van der Waals surface area contributed by atoms with Crippen LogP contribution in [0.3, 0.4) is 0 Å². The Bertz CT molecular complexity index is 97.7. The van der Waals surface area contributed by atoms with Gasteiger partial charge in [0, 0.05) is 13.2 Å². The maximum Gasteiger partial charge on any atom is 0.0833 e. The first-order chi connectivity index (χ1) is 5.34. The molecule has 0 aromatic heterocycles. The van der Waals surface area contributed by atoms with Gasteiger partial charge in [-0.05, 0) is 33.1 Å². The highest BCUT2D eigenvalue weighted by molar-refractivity contribution is 4.69. The molecule has 0 N–H and O–H groups in total. The van der Waals surface area contributed by atoms with Gasteiger partial charge < -0.3 is 9.47 Å². The zero-order valence-corrected chi connectivity index (χ0v) is 7.51. The first-order valence-electron chi connectivity index (χ1n) is 4.57. The van der Waals surface area contributed by atoms with E-state index >= 15 is 0 Å². The minimum atomic E-state index is 0.278. The molecule has 0 saturated carbocycles. The van der Waals surface area contributed by atoms with E-state index in [0.717, 1.165) is 13.2 Å². The summed E-state index contributed by atoms with van der Waals surface area (Å²) in [5.74, 6) is 0. The van der Waals surface area contributed by atoms with Crippen LogP contribution in [0.1, 0.15) is 33.1 Å². The van der Waals surface area contributed by atoms with Gasteiger partial charge in [-0.1, -0.05) is 0 Å². The fourth-order valence-electron chi connectivity index (χ4n) is 1.51. The molecule has 2 heteroatoms. The Labute approximate surface area is 68.9 Å². The molecule has 1 heterocycles. The molecule has 0 amide bonds. The van der Waals surface area contributed by atoms with Crippen molar-refractivity contribution >= 4 is 0 Å². The van der Waals surface area contributed by atoms with E-state index in [2.05, 4.69) is 6.92 Å². The lowest BCUT2D eigenvalue weighted by Crippen LogP contribution is -2.32. The predicted molar refractivity (Wildman–Crippen MR) is 44.7 cm³/mol. The fourth-order valence-corrected chi connectivity index (χ4v) is 1.51. The van der Waals surface area contributed by atoms with E-state index in [4.69, 9.17) is 9.47 Å². The third-order valence-electron chi connectivity index (χ3n) is 2.17. The van der Waals surface area contributed by atoms with Crippen LogP contribution in [0.15, 0.2) is 0 Å². The first-order valence-corrected chi connectivity index (χ1v) is 4.57. The second kappa shape index (κ2) is 4.73. The normalized spacial score (nSPS) is 28.4. The molecule has 0 aliphatic carbocycles. The molecule has 1 saturated heterocycles. The van der Waals surface area contributed by atoms with Crippen molar-refractivity contribution in [2.45, 2.75) is 45.3 Å². The monoisotopic (exact) mass is 158 g/mol. The molecule has 1 rings (SSSR count). The summed E-state index contributed by atoms with van der Waals surface area (Å²) in [4.78, 5) is 0. The van der Waals surface area contributed by atoms with Crippen molar-refractivity contribution in [3.05, 3.63) is 0 Å². The summed E-state index contributed by atoms with van der Waals surface area (Å²) in [7, 11) is 0. The third kappa shape index (κ3) is 2.80. The van der Waals surface area contributed by atoms with Gasteiger partial charge in [-0.25, -0.2) is 0 Å². The van der Waals surface area contributed by atoms with Gasteiger partial charge in [0.2, 0.25) is 0 Å². The lowest BCUT2D eigenvalue weighted by atomic mass is 10.1. The third-order valence-corrected chi connectivity index (χ3v) is 2.17. The summed E-state index contributed by atoms with van der Waals surface area (Å²) in [5.41, 5.74) is 0. The first kappa shape index (κ1) is 9.01. The van der Waals surface area contributed by atoms with Crippen molar-refractivity contribution < 1.29 is 9.47 Å². The van der Waals surface area contributed by atoms with Crippen LogP contribution in [0.2, 0.25) is 0 Å². The van der Waals surface area contributed by atoms with E-state index in [1.54, 1.807) is 0 Å². The molecule has 1 aliphatic heterocycles. The number of hydrogen-bond donors (Lipinski definition) is 0. The van der Waals surface area contributed by atoms with Crippen LogP contribution in [0.5, 0.6) is 0 Å². The number of hydrogen-bond acceptors (Lipinski definition) is 2. The van der Waals surface area contributed by atoms with Gasteiger partial charge in [0.1, 0.15) is 0 Å². The predicted octanol–water partition coefficient (Wildman–Crippen LogP) is 1.98. The Morgan fingerprint density at radius 3 is 2.91 bits per heavy atom. The summed E-state index contributed by atoms with van der Waals surface area (Å²) in [6.45, 7) is 5.84. The van der Waals surface area contributed by atoms with E-state index in [0.29, 0.717) is 6.10 Å². The van der Waals surface area contributed by atoms with Crippen molar-refractivity contribution in [1.29, 1.82) is 0 Å². The Morgan fingerprint density at radius 1 is 1.55 bits per heavy atom. The van der Waals surface area contributed by atoms with E-state index in [1.165, 1.54) is 19.3 Å². The quantitative estimate of drug-likeness (QED) is 0.625. The number of ether oxygens (including phenoxy) is 2. The Hall–Kier alpha value is -0.0800. The van der Waals surface area contributed by atoms with Gasteiger partial charge in [0.15, 0.2) is 0 Å². The molecule has 2 unspecified atom stereocenters. The van der Waals surface area contributed by atoms with E-state index in [9.17, 15) is 0 Å². The van der Waals surface area contributed by atoms with Crippen LogP contribution in [-0.4, -0.2) is 25.4 Å². The second-order valence-electron chi connectivity index (χ2n) is 3.07. The molecule has 2 atom stereocenters. The summed E-state index contributed by atoms with van der Waals surface area (Å²) in [5, 5.41) is 0. The molecule has 0 aromatic rings. The average Bonchev–Trinajstić information content (AvgIpc) is 2.07. The van der Waals surface area contributed by atoms with Crippen molar-refractivity contribution in [3.8, 4) is 0 Å².